The lowest BCUT2D eigenvalue weighted by Crippen LogP contribution is -2.14. The maximum atomic E-state index is 12.4. The van der Waals surface area contributed by atoms with E-state index < -0.39 is 4.92 Å². The van der Waals surface area contributed by atoms with Crippen molar-refractivity contribution < 1.29 is 19.2 Å². The molecular formula is C17H18N2O5. The zero-order valence-electron chi connectivity index (χ0n) is 13.9. The number of Topliss-reactive ketones (excluding diaryl/α,β-unsaturated/α-hetero) is 2. The molecule has 0 unspecified atom stereocenters. The summed E-state index contributed by atoms with van der Waals surface area (Å²) >= 11 is 0. The zero-order chi connectivity index (χ0) is 18.0. The third-order valence-electron chi connectivity index (χ3n) is 3.74. The molecule has 1 N–H and O–H groups in total. The van der Waals surface area contributed by atoms with E-state index in [0.717, 1.165) is 5.56 Å². The number of benzene rings is 1. The second kappa shape index (κ2) is 6.66. The van der Waals surface area contributed by atoms with E-state index in [4.69, 9.17) is 4.74 Å². The molecule has 24 heavy (non-hydrogen) atoms. The van der Waals surface area contributed by atoms with E-state index in [1.165, 1.54) is 19.1 Å². The van der Waals surface area contributed by atoms with E-state index in [-0.39, 0.29) is 35.3 Å². The molecule has 1 aromatic heterocycles. The summed E-state index contributed by atoms with van der Waals surface area (Å²) in [5.74, 6) is -0.462. The number of aromatic nitrogens is 1. The number of nitro benzene ring substituents is 1. The van der Waals surface area contributed by atoms with Crippen LogP contribution in [0.1, 0.15) is 44.6 Å². The van der Waals surface area contributed by atoms with Crippen molar-refractivity contribution in [1.82, 2.24) is 4.98 Å². The molecule has 0 atom stereocenters. The van der Waals surface area contributed by atoms with Crippen molar-refractivity contribution in [2.24, 2.45) is 0 Å². The molecule has 7 heteroatoms. The van der Waals surface area contributed by atoms with Crippen LogP contribution >= 0.6 is 0 Å². The first-order valence-electron chi connectivity index (χ1n) is 7.33. The Morgan fingerprint density at radius 2 is 1.92 bits per heavy atom. The fraction of sp³-hybridized carbons (Fsp3) is 0.294. The molecule has 1 heterocycles. The first-order valence-corrected chi connectivity index (χ1v) is 7.33. The van der Waals surface area contributed by atoms with Gasteiger partial charge in [0.15, 0.2) is 18.1 Å². The average Bonchev–Trinajstić information content (AvgIpc) is 2.79. The van der Waals surface area contributed by atoms with Gasteiger partial charge in [0.05, 0.1) is 10.6 Å². The number of carbonyl (C=O) groups is 2. The van der Waals surface area contributed by atoms with Crippen LogP contribution in [0.3, 0.4) is 0 Å². The minimum absolute atomic E-state index is 0.0427. The van der Waals surface area contributed by atoms with Gasteiger partial charge < -0.3 is 9.72 Å². The number of nitrogens with zero attached hydrogens (tertiary/aromatic N) is 1. The standard InChI is InChI=1S/C17H18N2O5/c1-9-5-6-13(19(22)23)15(7-9)24-8-14(21)17-10(2)16(12(4)20)11(3)18-17/h5-7,18H,8H2,1-4H3. The fourth-order valence-corrected chi connectivity index (χ4v) is 2.66. The summed E-state index contributed by atoms with van der Waals surface area (Å²) in [6, 6.07) is 4.46. The molecular weight excluding hydrogens is 312 g/mol. The largest absolute Gasteiger partial charge is 0.478 e. The second-order valence-electron chi connectivity index (χ2n) is 5.62. The number of ether oxygens (including phenoxy) is 1. The highest BCUT2D eigenvalue weighted by Crippen LogP contribution is 2.28. The van der Waals surface area contributed by atoms with Crippen LogP contribution in [-0.4, -0.2) is 28.1 Å². The van der Waals surface area contributed by atoms with Crippen LogP contribution in [0.2, 0.25) is 0 Å². The number of hydrogen-bond acceptors (Lipinski definition) is 5. The SMILES string of the molecule is CC(=O)c1c(C)[nH]c(C(=O)COc2cc(C)ccc2[N+](=O)[O-])c1C. The highest BCUT2D eigenvalue weighted by atomic mass is 16.6. The van der Waals surface area contributed by atoms with E-state index in [1.54, 1.807) is 26.8 Å². The number of aromatic amines is 1. The van der Waals surface area contributed by atoms with Gasteiger partial charge in [-0.2, -0.15) is 0 Å². The molecule has 0 saturated heterocycles. The number of H-pyrrole nitrogens is 1. The first kappa shape index (κ1) is 17.4. The molecule has 0 aliphatic heterocycles. The number of carbonyl (C=O) groups excluding carboxylic acids is 2. The van der Waals surface area contributed by atoms with Gasteiger partial charge in [-0.15, -0.1) is 0 Å². The van der Waals surface area contributed by atoms with Gasteiger partial charge in [-0.05, 0) is 44.9 Å². The van der Waals surface area contributed by atoms with Crippen molar-refractivity contribution in [2.75, 3.05) is 6.61 Å². The number of aryl methyl sites for hydroxylation is 2. The summed E-state index contributed by atoms with van der Waals surface area (Å²) in [7, 11) is 0. The normalized spacial score (nSPS) is 10.5. The van der Waals surface area contributed by atoms with Gasteiger partial charge in [0.2, 0.25) is 5.78 Å². The Kier molecular flexibility index (Phi) is 4.82. The lowest BCUT2D eigenvalue weighted by Gasteiger charge is -2.07. The molecule has 0 aliphatic rings. The number of rotatable bonds is 6. The van der Waals surface area contributed by atoms with Crippen molar-refractivity contribution in [3.63, 3.8) is 0 Å². The summed E-state index contributed by atoms with van der Waals surface area (Å²) in [5, 5.41) is 11.0. The van der Waals surface area contributed by atoms with Crippen LogP contribution in [0.5, 0.6) is 5.75 Å². The summed E-state index contributed by atoms with van der Waals surface area (Å²) in [5.41, 5.74) is 2.54. The van der Waals surface area contributed by atoms with Crippen LogP contribution < -0.4 is 4.74 Å². The van der Waals surface area contributed by atoms with E-state index >= 15 is 0 Å². The predicted octanol–water partition coefficient (Wildman–Crippen LogP) is 3.31. The third kappa shape index (κ3) is 3.34. The highest BCUT2D eigenvalue weighted by molar-refractivity contribution is 6.03. The Bertz CT molecular complexity index is 836. The van der Waals surface area contributed by atoms with E-state index in [0.29, 0.717) is 16.8 Å². The first-order chi connectivity index (χ1) is 11.2. The summed E-state index contributed by atoms with van der Waals surface area (Å²) < 4.78 is 5.36. The lowest BCUT2D eigenvalue weighted by molar-refractivity contribution is -0.385. The lowest BCUT2D eigenvalue weighted by atomic mass is 10.1. The Labute approximate surface area is 138 Å². The Balaban J connectivity index is 2.24. The van der Waals surface area contributed by atoms with Crippen LogP contribution in [0.4, 0.5) is 5.69 Å². The van der Waals surface area contributed by atoms with Crippen LogP contribution in [0.15, 0.2) is 18.2 Å². The Hall–Kier alpha value is -2.96. The molecule has 0 bridgehead atoms. The molecule has 0 aliphatic carbocycles. The zero-order valence-corrected chi connectivity index (χ0v) is 13.9. The van der Waals surface area contributed by atoms with Gasteiger partial charge >= 0.3 is 5.69 Å². The Morgan fingerprint density at radius 1 is 1.25 bits per heavy atom. The van der Waals surface area contributed by atoms with Gasteiger partial charge in [0.1, 0.15) is 0 Å². The summed E-state index contributed by atoms with van der Waals surface area (Å²) in [6.45, 7) is 6.25. The number of nitro groups is 1. The van der Waals surface area contributed by atoms with Crippen molar-refractivity contribution in [3.8, 4) is 5.75 Å². The predicted molar refractivity (Wildman–Crippen MR) is 87.9 cm³/mol. The maximum absolute atomic E-state index is 12.4. The summed E-state index contributed by atoms with van der Waals surface area (Å²) in [4.78, 5) is 37.3. The number of ketones is 2. The molecule has 0 saturated carbocycles. The van der Waals surface area contributed by atoms with E-state index in [1.807, 2.05) is 0 Å². The molecule has 0 amide bonds. The molecule has 2 aromatic rings. The molecule has 1 aromatic carbocycles. The minimum Gasteiger partial charge on any atom is -0.478 e. The van der Waals surface area contributed by atoms with E-state index in [2.05, 4.69) is 4.98 Å². The molecule has 0 radical (unpaired) electrons. The Morgan fingerprint density at radius 3 is 2.46 bits per heavy atom. The quantitative estimate of drug-likeness (QED) is 0.497. The van der Waals surface area contributed by atoms with Crippen molar-refractivity contribution >= 4 is 17.3 Å². The van der Waals surface area contributed by atoms with Crippen molar-refractivity contribution in [1.29, 1.82) is 0 Å². The second-order valence-corrected chi connectivity index (χ2v) is 5.62. The van der Waals surface area contributed by atoms with Crippen LogP contribution in [0, 0.1) is 30.9 Å². The maximum Gasteiger partial charge on any atom is 0.310 e. The number of nitrogens with one attached hydrogen (secondary N) is 1. The highest BCUT2D eigenvalue weighted by Gasteiger charge is 2.21. The van der Waals surface area contributed by atoms with Gasteiger partial charge in [-0.25, -0.2) is 0 Å². The van der Waals surface area contributed by atoms with Gasteiger partial charge in [-0.1, -0.05) is 6.07 Å². The van der Waals surface area contributed by atoms with Crippen LogP contribution in [0.25, 0.3) is 0 Å². The molecule has 7 nitrogen and oxygen atoms in total. The summed E-state index contributed by atoms with van der Waals surface area (Å²) in [6.07, 6.45) is 0. The van der Waals surface area contributed by atoms with Crippen molar-refractivity contribution in [2.45, 2.75) is 27.7 Å². The van der Waals surface area contributed by atoms with Gasteiger partial charge in [-0.3, -0.25) is 19.7 Å². The third-order valence-corrected chi connectivity index (χ3v) is 3.74. The monoisotopic (exact) mass is 330 g/mol. The fourth-order valence-electron chi connectivity index (χ4n) is 2.66. The molecule has 126 valence electrons. The van der Waals surface area contributed by atoms with Gasteiger partial charge in [0.25, 0.3) is 0 Å². The molecule has 2 rings (SSSR count). The topological polar surface area (TPSA) is 102 Å². The smallest absolute Gasteiger partial charge is 0.310 e. The van der Waals surface area contributed by atoms with Gasteiger partial charge in [0, 0.05) is 17.3 Å². The molecule has 0 fully saturated rings. The van der Waals surface area contributed by atoms with Crippen LogP contribution in [-0.2, 0) is 0 Å². The average molecular weight is 330 g/mol. The number of hydrogen-bond donors (Lipinski definition) is 1. The van der Waals surface area contributed by atoms with Crippen molar-refractivity contribution in [3.05, 3.63) is 56.4 Å². The minimum atomic E-state index is -0.558. The molecule has 0 spiro atoms. The van der Waals surface area contributed by atoms with E-state index in [9.17, 15) is 19.7 Å².